The van der Waals surface area contributed by atoms with Crippen molar-refractivity contribution in [2.45, 2.75) is 12.8 Å². The molecular weight excluding hydrogens is 302 g/mol. The molecule has 1 aromatic heterocycles. The molecule has 0 atom stereocenters. The van der Waals surface area contributed by atoms with Crippen LogP contribution in [0.1, 0.15) is 22.3 Å². The summed E-state index contributed by atoms with van der Waals surface area (Å²) in [5, 5.41) is 3.40. The largest absolute Gasteiger partial charge is 0.385 e. The summed E-state index contributed by atoms with van der Waals surface area (Å²) in [5.74, 6) is 1.03. The van der Waals surface area contributed by atoms with Gasteiger partial charge in [-0.2, -0.15) is 0 Å². The summed E-state index contributed by atoms with van der Waals surface area (Å²) in [7, 11) is 0. The molecule has 6 nitrogen and oxygen atoms in total. The van der Waals surface area contributed by atoms with Crippen molar-refractivity contribution in [3.05, 3.63) is 47.9 Å². The van der Waals surface area contributed by atoms with E-state index in [1.165, 1.54) is 5.56 Å². The van der Waals surface area contributed by atoms with Crippen molar-refractivity contribution < 1.29 is 4.79 Å². The number of nitrogens with one attached hydrogen (secondary N) is 1. The quantitative estimate of drug-likeness (QED) is 0.913. The summed E-state index contributed by atoms with van der Waals surface area (Å²) >= 11 is 0. The van der Waals surface area contributed by atoms with Gasteiger partial charge in [-0.25, -0.2) is 4.98 Å². The average molecular weight is 323 g/mol. The minimum absolute atomic E-state index is 0.148. The van der Waals surface area contributed by atoms with E-state index in [9.17, 15) is 4.79 Å². The van der Waals surface area contributed by atoms with Gasteiger partial charge in [-0.05, 0) is 30.5 Å². The average Bonchev–Trinajstić information content (AvgIpc) is 2.68. The summed E-state index contributed by atoms with van der Waals surface area (Å²) in [4.78, 5) is 25.6. The first-order valence-electron chi connectivity index (χ1n) is 8.49. The summed E-state index contributed by atoms with van der Waals surface area (Å²) < 4.78 is 0. The van der Waals surface area contributed by atoms with Crippen molar-refractivity contribution in [3.63, 3.8) is 0 Å². The van der Waals surface area contributed by atoms with Gasteiger partial charge in [0.25, 0.3) is 5.91 Å². The minimum atomic E-state index is 0.148. The Bertz CT molecular complexity index is 725. The molecular formula is C18H21N5O. The van der Waals surface area contributed by atoms with E-state index in [1.54, 1.807) is 18.6 Å². The summed E-state index contributed by atoms with van der Waals surface area (Å²) in [6.45, 7) is 4.00. The lowest BCUT2D eigenvalue weighted by molar-refractivity contribution is 0.0745. The first-order chi connectivity index (χ1) is 11.8. The van der Waals surface area contributed by atoms with Gasteiger partial charge in [-0.15, -0.1) is 0 Å². The number of anilines is 2. The topological polar surface area (TPSA) is 61.4 Å². The van der Waals surface area contributed by atoms with Crippen LogP contribution in [0.15, 0.2) is 36.8 Å². The van der Waals surface area contributed by atoms with Gasteiger partial charge in [0.05, 0.1) is 6.20 Å². The van der Waals surface area contributed by atoms with E-state index in [0.29, 0.717) is 13.1 Å². The van der Waals surface area contributed by atoms with Gasteiger partial charge >= 0.3 is 0 Å². The maximum Gasteiger partial charge on any atom is 0.254 e. The monoisotopic (exact) mass is 323 g/mol. The zero-order valence-electron chi connectivity index (χ0n) is 13.6. The molecule has 2 aromatic rings. The van der Waals surface area contributed by atoms with E-state index >= 15 is 0 Å². The zero-order chi connectivity index (χ0) is 16.4. The molecule has 1 N–H and O–H groups in total. The van der Waals surface area contributed by atoms with E-state index in [1.807, 2.05) is 17.0 Å². The molecule has 24 heavy (non-hydrogen) atoms. The molecule has 6 heteroatoms. The number of carbonyl (C=O) groups excluding carboxylic acids is 1. The number of amides is 1. The number of nitrogens with zero attached hydrogens (tertiary/aromatic N) is 4. The van der Waals surface area contributed by atoms with E-state index in [2.05, 4.69) is 26.3 Å². The molecule has 2 aliphatic heterocycles. The molecule has 4 rings (SSSR count). The summed E-state index contributed by atoms with van der Waals surface area (Å²) in [5.41, 5.74) is 3.14. The molecule has 0 bridgehead atoms. The van der Waals surface area contributed by atoms with Crippen LogP contribution in [0, 0.1) is 0 Å². The number of hydrogen-bond acceptors (Lipinski definition) is 5. The third-order valence-corrected chi connectivity index (χ3v) is 4.77. The molecule has 0 radical (unpaired) electrons. The van der Waals surface area contributed by atoms with E-state index < -0.39 is 0 Å². The van der Waals surface area contributed by atoms with Crippen LogP contribution in [0.4, 0.5) is 11.5 Å². The predicted molar refractivity (Wildman–Crippen MR) is 93.4 cm³/mol. The van der Waals surface area contributed by atoms with Crippen molar-refractivity contribution in [2.24, 2.45) is 0 Å². The molecule has 2 aliphatic rings. The molecule has 124 valence electrons. The first-order valence-corrected chi connectivity index (χ1v) is 8.49. The summed E-state index contributed by atoms with van der Waals surface area (Å²) in [6, 6.07) is 6.00. The highest BCUT2D eigenvalue weighted by molar-refractivity contribution is 5.97. The Morgan fingerprint density at radius 1 is 1.12 bits per heavy atom. The lowest BCUT2D eigenvalue weighted by Crippen LogP contribution is -2.49. The Hall–Kier alpha value is -2.63. The van der Waals surface area contributed by atoms with Crippen molar-refractivity contribution in [3.8, 4) is 0 Å². The number of aromatic nitrogens is 2. The minimum Gasteiger partial charge on any atom is -0.385 e. The number of hydrogen-bond donors (Lipinski definition) is 1. The van der Waals surface area contributed by atoms with Crippen LogP contribution in [0.5, 0.6) is 0 Å². The Balaban J connectivity index is 1.47. The summed E-state index contributed by atoms with van der Waals surface area (Å²) in [6.07, 6.45) is 7.21. The predicted octanol–water partition coefficient (Wildman–Crippen LogP) is 1.80. The molecule has 1 aromatic carbocycles. The Kier molecular flexibility index (Phi) is 4.02. The number of piperazine rings is 1. The van der Waals surface area contributed by atoms with Crippen LogP contribution in [0.25, 0.3) is 0 Å². The lowest BCUT2D eigenvalue weighted by Gasteiger charge is -2.35. The fourth-order valence-corrected chi connectivity index (χ4v) is 3.47. The molecule has 3 heterocycles. The SMILES string of the molecule is O=C(c1cccc2c1CCCN2)N1CCN(c2cnccn2)CC1. The van der Waals surface area contributed by atoms with Crippen LogP contribution in [0.3, 0.4) is 0 Å². The van der Waals surface area contributed by atoms with Crippen LogP contribution < -0.4 is 10.2 Å². The normalized spacial score (nSPS) is 17.2. The van der Waals surface area contributed by atoms with Gasteiger partial charge in [0.2, 0.25) is 0 Å². The molecule has 1 saturated heterocycles. The molecule has 0 spiro atoms. The Labute approximate surface area is 141 Å². The van der Waals surface area contributed by atoms with Gasteiger partial charge < -0.3 is 15.1 Å². The van der Waals surface area contributed by atoms with Gasteiger partial charge in [0.1, 0.15) is 5.82 Å². The second kappa shape index (κ2) is 6.47. The highest BCUT2D eigenvalue weighted by Gasteiger charge is 2.25. The first kappa shape index (κ1) is 14.9. The number of fused-ring (bicyclic) bond motifs is 1. The maximum atomic E-state index is 13.0. The number of rotatable bonds is 2. The third-order valence-electron chi connectivity index (χ3n) is 4.77. The zero-order valence-corrected chi connectivity index (χ0v) is 13.6. The van der Waals surface area contributed by atoms with Gasteiger partial charge in [0, 0.05) is 56.4 Å². The fraction of sp³-hybridized carbons (Fsp3) is 0.389. The van der Waals surface area contributed by atoms with Gasteiger partial charge in [0.15, 0.2) is 0 Å². The van der Waals surface area contributed by atoms with Crippen molar-refractivity contribution >= 4 is 17.4 Å². The standard InChI is InChI=1S/C18H21N5O/c24-18(15-3-1-5-16-14(15)4-2-6-20-16)23-11-9-22(10-12-23)17-13-19-7-8-21-17/h1,3,5,7-8,13,20H,2,4,6,9-12H2. The number of benzene rings is 1. The molecule has 1 fully saturated rings. The lowest BCUT2D eigenvalue weighted by atomic mass is 9.96. The van der Waals surface area contributed by atoms with Crippen LogP contribution in [0.2, 0.25) is 0 Å². The molecule has 0 unspecified atom stereocenters. The fourth-order valence-electron chi connectivity index (χ4n) is 3.47. The van der Waals surface area contributed by atoms with Crippen molar-refractivity contribution in [2.75, 3.05) is 42.9 Å². The second-order valence-electron chi connectivity index (χ2n) is 6.20. The van der Waals surface area contributed by atoms with Crippen LogP contribution in [-0.4, -0.2) is 53.5 Å². The van der Waals surface area contributed by atoms with Crippen molar-refractivity contribution in [1.82, 2.24) is 14.9 Å². The van der Waals surface area contributed by atoms with Gasteiger partial charge in [-0.1, -0.05) is 6.07 Å². The Morgan fingerprint density at radius 3 is 2.79 bits per heavy atom. The van der Waals surface area contributed by atoms with Crippen LogP contribution >= 0.6 is 0 Å². The Morgan fingerprint density at radius 2 is 2.00 bits per heavy atom. The van der Waals surface area contributed by atoms with Crippen LogP contribution in [-0.2, 0) is 6.42 Å². The van der Waals surface area contributed by atoms with Gasteiger partial charge in [-0.3, -0.25) is 9.78 Å². The van der Waals surface area contributed by atoms with E-state index in [4.69, 9.17) is 0 Å². The third kappa shape index (κ3) is 2.79. The molecule has 0 aliphatic carbocycles. The molecule has 1 amide bonds. The second-order valence-corrected chi connectivity index (χ2v) is 6.20. The highest BCUT2D eigenvalue weighted by atomic mass is 16.2. The highest BCUT2D eigenvalue weighted by Crippen LogP contribution is 2.26. The van der Waals surface area contributed by atoms with Crippen molar-refractivity contribution in [1.29, 1.82) is 0 Å². The molecule has 0 saturated carbocycles. The van der Waals surface area contributed by atoms with E-state index in [0.717, 1.165) is 49.5 Å². The van der Waals surface area contributed by atoms with E-state index in [-0.39, 0.29) is 5.91 Å². The number of carbonyl (C=O) groups is 1. The maximum absolute atomic E-state index is 13.0. The smallest absolute Gasteiger partial charge is 0.254 e.